The van der Waals surface area contributed by atoms with Gasteiger partial charge >= 0.3 is 12.3 Å². The Kier molecular flexibility index (Phi) is 4.80. The normalized spacial score (nSPS) is 21.1. The lowest BCUT2D eigenvalue weighted by Crippen LogP contribution is -2.36. The van der Waals surface area contributed by atoms with Crippen molar-refractivity contribution in [1.29, 1.82) is 0 Å². The predicted octanol–water partition coefficient (Wildman–Crippen LogP) is 4.38. The van der Waals surface area contributed by atoms with Crippen LogP contribution in [0.5, 0.6) is 11.5 Å². The van der Waals surface area contributed by atoms with Crippen LogP contribution in [0.15, 0.2) is 36.4 Å². The highest BCUT2D eigenvalue weighted by atomic mass is 19.4. The summed E-state index contributed by atoms with van der Waals surface area (Å²) < 4.78 is 55.2. The van der Waals surface area contributed by atoms with Crippen molar-refractivity contribution in [2.75, 3.05) is 20.8 Å². The van der Waals surface area contributed by atoms with Gasteiger partial charge in [-0.15, -0.1) is 0 Å². The molecule has 1 aliphatic carbocycles. The first kappa shape index (κ1) is 19.4. The Morgan fingerprint density at radius 3 is 2.59 bits per heavy atom. The van der Waals surface area contributed by atoms with E-state index in [1.54, 1.807) is 25.2 Å². The molecule has 1 heterocycles. The Hall–Kier alpha value is -2.90. The number of fused-ring (bicyclic) bond motifs is 1. The second-order valence-electron chi connectivity index (χ2n) is 7.15. The molecule has 8 heteroatoms. The van der Waals surface area contributed by atoms with Crippen molar-refractivity contribution in [3.05, 3.63) is 58.7 Å². The van der Waals surface area contributed by atoms with E-state index >= 15 is 0 Å². The van der Waals surface area contributed by atoms with Crippen molar-refractivity contribution >= 4 is 6.09 Å². The maximum atomic E-state index is 13.0. The SMILES string of the molecule is COc1ccc2c(c1OC)C[C@@H](N1C[C@@H](c3cccc(C(F)(F)F)c3)OC1=O)C2. The zero-order valence-electron chi connectivity index (χ0n) is 16.0. The summed E-state index contributed by atoms with van der Waals surface area (Å²) in [6.07, 6.45) is -4.50. The van der Waals surface area contributed by atoms with Crippen LogP contribution in [-0.4, -0.2) is 37.8 Å². The van der Waals surface area contributed by atoms with E-state index in [9.17, 15) is 18.0 Å². The molecule has 2 aromatic rings. The van der Waals surface area contributed by atoms with Gasteiger partial charge in [0, 0.05) is 11.6 Å². The summed E-state index contributed by atoms with van der Waals surface area (Å²) in [5, 5.41) is 0. The zero-order chi connectivity index (χ0) is 20.8. The molecular weight excluding hydrogens is 387 g/mol. The van der Waals surface area contributed by atoms with Gasteiger partial charge in [0.15, 0.2) is 11.5 Å². The van der Waals surface area contributed by atoms with Gasteiger partial charge in [-0.2, -0.15) is 13.2 Å². The van der Waals surface area contributed by atoms with Crippen LogP contribution in [0.3, 0.4) is 0 Å². The molecule has 0 radical (unpaired) electrons. The monoisotopic (exact) mass is 407 g/mol. The van der Waals surface area contributed by atoms with Crippen LogP contribution in [-0.2, 0) is 23.8 Å². The summed E-state index contributed by atoms with van der Waals surface area (Å²) in [5.41, 5.74) is 1.62. The number of hydrogen-bond donors (Lipinski definition) is 0. The molecule has 2 aliphatic rings. The van der Waals surface area contributed by atoms with Gasteiger partial charge in [0.1, 0.15) is 6.10 Å². The molecule has 1 fully saturated rings. The van der Waals surface area contributed by atoms with Crippen LogP contribution in [0.2, 0.25) is 0 Å². The summed E-state index contributed by atoms with van der Waals surface area (Å²) in [5.74, 6) is 1.27. The lowest BCUT2D eigenvalue weighted by Gasteiger charge is -2.21. The number of benzene rings is 2. The number of carbonyl (C=O) groups is 1. The molecule has 0 saturated carbocycles. The molecule has 29 heavy (non-hydrogen) atoms. The number of cyclic esters (lactones) is 1. The average molecular weight is 407 g/mol. The number of ether oxygens (including phenoxy) is 3. The summed E-state index contributed by atoms with van der Waals surface area (Å²) in [4.78, 5) is 14.1. The molecule has 2 aromatic carbocycles. The quantitative estimate of drug-likeness (QED) is 0.755. The highest BCUT2D eigenvalue weighted by molar-refractivity contribution is 5.71. The Morgan fingerprint density at radius 2 is 1.90 bits per heavy atom. The van der Waals surface area contributed by atoms with Gasteiger partial charge in [0.2, 0.25) is 0 Å². The van der Waals surface area contributed by atoms with E-state index < -0.39 is 23.9 Å². The van der Waals surface area contributed by atoms with Crippen LogP contribution in [0, 0.1) is 0 Å². The first-order valence-electron chi connectivity index (χ1n) is 9.19. The molecule has 2 atom stereocenters. The molecule has 0 N–H and O–H groups in total. The first-order valence-corrected chi connectivity index (χ1v) is 9.19. The van der Waals surface area contributed by atoms with E-state index in [0.29, 0.717) is 29.9 Å². The number of hydrogen-bond acceptors (Lipinski definition) is 4. The molecule has 4 rings (SSSR count). The molecular formula is C21H20F3NO4. The molecule has 154 valence electrons. The van der Waals surface area contributed by atoms with E-state index in [2.05, 4.69) is 0 Å². The minimum Gasteiger partial charge on any atom is -0.493 e. The standard InChI is InChI=1S/C21H20F3NO4/c1-27-17-7-6-12-9-15(10-16(12)19(17)28-2)25-11-18(29-20(25)26)13-4-3-5-14(8-13)21(22,23)24/h3-8,15,18H,9-11H2,1-2H3/t15-,18-/m0/s1. The van der Waals surface area contributed by atoms with Crippen molar-refractivity contribution in [2.45, 2.75) is 31.2 Å². The van der Waals surface area contributed by atoms with Crippen molar-refractivity contribution < 1.29 is 32.2 Å². The van der Waals surface area contributed by atoms with Crippen molar-refractivity contribution in [2.24, 2.45) is 0 Å². The van der Waals surface area contributed by atoms with Gasteiger partial charge in [-0.25, -0.2) is 4.79 Å². The molecule has 5 nitrogen and oxygen atoms in total. The molecule has 0 unspecified atom stereocenters. The fraction of sp³-hybridized carbons (Fsp3) is 0.381. The Labute approximate surface area is 166 Å². The summed E-state index contributed by atoms with van der Waals surface area (Å²) in [6.45, 7) is 0.207. The third-order valence-electron chi connectivity index (χ3n) is 5.51. The largest absolute Gasteiger partial charge is 0.493 e. The van der Waals surface area contributed by atoms with Crippen molar-refractivity contribution in [3.8, 4) is 11.5 Å². The average Bonchev–Trinajstić information content (AvgIpc) is 3.29. The number of methoxy groups -OCH3 is 2. The molecule has 1 aliphatic heterocycles. The summed E-state index contributed by atoms with van der Waals surface area (Å²) in [7, 11) is 3.13. The van der Waals surface area contributed by atoms with Gasteiger partial charge in [-0.3, -0.25) is 0 Å². The number of alkyl halides is 3. The van der Waals surface area contributed by atoms with E-state index in [1.165, 1.54) is 6.07 Å². The molecule has 0 bridgehead atoms. The molecule has 1 amide bonds. The van der Waals surface area contributed by atoms with Gasteiger partial charge in [-0.1, -0.05) is 18.2 Å². The van der Waals surface area contributed by atoms with E-state index in [4.69, 9.17) is 14.2 Å². The first-order chi connectivity index (χ1) is 13.8. The second-order valence-corrected chi connectivity index (χ2v) is 7.15. The fourth-order valence-corrected chi connectivity index (χ4v) is 4.10. The van der Waals surface area contributed by atoms with Crippen LogP contribution in [0.25, 0.3) is 0 Å². The smallest absolute Gasteiger partial charge is 0.416 e. The van der Waals surface area contributed by atoms with E-state index in [-0.39, 0.29) is 12.6 Å². The maximum Gasteiger partial charge on any atom is 0.416 e. The van der Waals surface area contributed by atoms with Crippen LogP contribution in [0.1, 0.15) is 28.4 Å². The maximum absolute atomic E-state index is 13.0. The minimum absolute atomic E-state index is 0.144. The topological polar surface area (TPSA) is 48.0 Å². The van der Waals surface area contributed by atoms with Gasteiger partial charge in [0.25, 0.3) is 0 Å². The van der Waals surface area contributed by atoms with Gasteiger partial charge in [-0.05, 0) is 42.2 Å². The molecule has 0 spiro atoms. The van der Waals surface area contributed by atoms with Gasteiger partial charge < -0.3 is 19.1 Å². The lowest BCUT2D eigenvalue weighted by atomic mass is 10.0. The Bertz CT molecular complexity index is 944. The van der Waals surface area contributed by atoms with Crippen LogP contribution >= 0.6 is 0 Å². The fourth-order valence-electron chi connectivity index (χ4n) is 4.10. The van der Waals surface area contributed by atoms with Crippen molar-refractivity contribution in [3.63, 3.8) is 0 Å². The number of carbonyl (C=O) groups excluding carboxylic acids is 1. The number of amides is 1. The third-order valence-corrected chi connectivity index (χ3v) is 5.51. The summed E-state index contributed by atoms with van der Waals surface area (Å²) in [6, 6.07) is 8.56. The van der Waals surface area contributed by atoms with Crippen LogP contribution in [0.4, 0.5) is 18.0 Å². The minimum atomic E-state index is -4.44. The second kappa shape index (κ2) is 7.17. The third kappa shape index (κ3) is 3.47. The van der Waals surface area contributed by atoms with E-state index in [1.807, 2.05) is 12.1 Å². The lowest BCUT2D eigenvalue weighted by molar-refractivity contribution is -0.137. The number of nitrogens with zero attached hydrogens (tertiary/aromatic N) is 1. The molecule has 1 saturated heterocycles. The number of halogens is 3. The Morgan fingerprint density at radius 1 is 1.10 bits per heavy atom. The zero-order valence-corrected chi connectivity index (χ0v) is 16.0. The van der Waals surface area contributed by atoms with Crippen molar-refractivity contribution in [1.82, 2.24) is 4.90 Å². The van der Waals surface area contributed by atoms with E-state index in [0.717, 1.165) is 23.3 Å². The highest BCUT2D eigenvalue weighted by Gasteiger charge is 2.41. The summed E-state index contributed by atoms with van der Waals surface area (Å²) >= 11 is 0. The Balaban J connectivity index is 1.54. The van der Waals surface area contributed by atoms with Gasteiger partial charge in [0.05, 0.1) is 26.3 Å². The predicted molar refractivity (Wildman–Crippen MR) is 98.1 cm³/mol. The van der Waals surface area contributed by atoms with Crippen LogP contribution < -0.4 is 9.47 Å². The highest BCUT2D eigenvalue weighted by Crippen LogP contribution is 2.41. The number of rotatable bonds is 4. The molecule has 0 aromatic heterocycles.